The highest BCUT2D eigenvalue weighted by Crippen LogP contribution is 2.88. The van der Waals surface area contributed by atoms with Crippen molar-refractivity contribution in [3.8, 4) is 0 Å². The van der Waals surface area contributed by atoms with Gasteiger partial charge in [0, 0.05) is 42.3 Å². The monoisotopic (exact) mass is 848 g/mol. The minimum atomic E-state index is -4.29. The first kappa shape index (κ1) is 42.9. The lowest BCUT2D eigenvalue weighted by atomic mass is 9.73. The number of likely N-dealkylation sites (tertiary alicyclic amines) is 1. The molecule has 0 bridgehead atoms. The van der Waals surface area contributed by atoms with Crippen molar-refractivity contribution in [2.45, 2.75) is 148 Å². The van der Waals surface area contributed by atoms with Gasteiger partial charge in [0.15, 0.2) is 17.7 Å². The molecule has 3 amide bonds. The third kappa shape index (κ3) is 6.99. The van der Waals surface area contributed by atoms with Crippen LogP contribution in [0.1, 0.15) is 125 Å². The van der Waals surface area contributed by atoms with E-state index < -0.39 is 50.9 Å². The molecule has 13 nitrogen and oxygen atoms in total. The number of ether oxygens (including phenoxy) is 2. The highest BCUT2D eigenvalue weighted by molar-refractivity contribution is 7.90. The van der Waals surface area contributed by atoms with Crippen LogP contribution >= 0.6 is 0 Å². The number of rotatable bonds is 14. The normalized spacial score (nSPS) is 29.3. The second-order valence-corrected chi connectivity index (χ2v) is 22.4. The Balaban J connectivity index is 1.06. The van der Waals surface area contributed by atoms with Crippen LogP contribution in [0.4, 0.5) is 4.79 Å². The summed E-state index contributed by atoms with van der Waals surface area (Å²) in [5.41, 5.74) is -1.90. The zero-order valence-corrected chi connectivity index (χ0v) is 37.0. The van der Waals surface area contributed by atoms with Gasteiger partial charge in [-0.25, -0.2) is 17.9 Å². The van der Waals surface area contributed by atoms with E-state index in [0.717, 1.165) is 51.4 Å². The molecular weight excluding hydrogens is 785 g/mol. The number of nitrogens with one attached hydrogen (secondary N) is 3. The summed E-state index contributed by atoms with van der Waals surface area (Å²) in [6.45, 7) is 13.3. The van der Waals surface area contributed by atoms with Crippen molar-refractivity contribution in [3.05, 3.63) is 30.5 Å². The molecule has 1 aromatic heterocycles. The molecule has 6 aliphatic rings. The number of carbonyl (C=O) groups is 5. The summed E-state index contributed by atoms with van der Waals surface area (Å²) in [6.07, 6.45) is 9.47. The predicted molar refractivity (Wildman–Crippen MR) is 224 cm³/mol. The van der Waals surface area contributed by atoms with Gasteiger partial charge < -0.3 is 24.7 Å². The highest BCUT2D eigenvalue weighted by atomic mass is 32.2. The van der Waals surface area contributed by atoms with E-state index in [-0.39, 0.29) is 69.4 Å². The molecule has 3 heterocycles. The number of fused-ring (bicyclic) bond motifs is 2. The van der Waals surface area contributed by atoms with Gasteiger partial charge in [-0.05, 0) is 78.7 Å². The highest BCUT2D eigenvalue weighted by Gasteiger charge is 2.85. The molecule has 8 rings (SSSR count). The van der Waals surface area contributed by atoms with Gasteiger partial charge in [0.2, 0.25) is 11.8 Å². The van der Waals surface area contributed by atoms with E-state index in [9.17, 15) is 27.6 Å². The summed E-state index contributed by atoms with van der Waals surface area (Å²) in [5, 5.41) is 3.59. The zero-order valence-electron chi connectivity index (χ0n) is 36.2. The van der Waals surface area contributed by atoms with E-state index in [1.807, 2.05) is 27.7 Å². The quantitative estimate of drug-likeness (QED) is 0.183. The van der Waals surface area contributed by atoms with Crippen molar-refractivity contribution in [2.75, 3.05) is 19.8 Å². The van der Waals surface area contributed by atoms with E-state index in [1.54, 1.807) is 29.3 Å². The predicted octanol–water partition coefficient (Wildman–Crippen LogP) is 6.84. The molecule has 6 atom stereocenters. The first-order valence-electron chi connectivity index (χ1n) is 22.3. The van der Waals surface area contributed by atoms with Gasteiger partial charge in [0.25, 0.3) is 10.0 Å². The van der Waals surface area contributed by atoms with Crippen LogP contribution in [0.5, 0.6) is 0 Å². The number of hydrogen-bond acceptors (Lipinski definition) is 9. The van der Waals surface area contributed by atoms with Gasteiger partial charge in [-0.2, -0.15) is 0 Å². The average molecular weight is 849 g/mol. The molecule has 2 saturated heterocycles. The summed E-state index contributed by atoms with van der Waals surface area (Å²) in [6, 6.07) is 4.99. The molecule has 1 aromatic carbocycles. The molecule has 0 radical (unpaired) electrons. The molecule has 4 saturated carbocycles. The molecule has 0 unspecified atom stereocenters. The molecular formula is C46H64N4O9S. The average Bonchev–Trinajstić information content (AvgIpc) is 3.67. The second-order valence-electron chi connectivity index (χ2n) is 20.7. The van der Waals surface area contributed by atoms with Gasteiger partial charge in [-0.15, -0.1) is 0 Å². The first-order valence-corrected chi connectivity index (χ1v) is 23.8. The van der Waals surface area contributed by atoms with Crippen molar-refractivity contribution in [3.63, 3.8) is 0 Å². The van der Waals surface area contributed by atoms with E-state index >= 15 is 4.79 Å². The fraction of sp³-hybridized carbons (Fsp3) is 0.717. The Morgan fingerprint density at radius 1 is 0.983 bits per heavy atom. The molecule has 4 aliphatic carbocycles. The Labute approximate surface area is 354 Å². The molecule has 14 heteroatoms. The molecule has 60 heavy (non-hydrogen) atoms. The third-order valence-electron chi connectivity index (χ3n) is 16.6. The fourth-order valence-corrected chi connectivity index (χ4v) is 13.7. The van der Waals surface area contributed by atoms with E-state index in [4.69, 9.17) is 9.47 Å². The summed E-state index contributed by atoms with van der Waals surface area (Å²) < 4.78 is 40.6. The van der Waals surface area contributed by atoms with E-state index in [1.165, 1.54) is 6.07 Å². The Morgan fingerprint density at radius 2 is 1.70 bits per heavy atom. The van der Waals surface area contributed by atoms with Crippen LogP contribution in [0.15, 0.2) is 35.4 Å². The van der Waals surface area contributed by atoms with E-state index in [0.29, 0.717) is 49.9 Å². The molecule has 6 fully saturated rings. The first-order chi connectivity index (χ1) is 28.3. The van der Waals surface area contributed by atoms with Gasteiger partial charge in [-0.1, -0.05) is 85.8 Å². The standard InChI is InChI=1S/C46H64N4O9S/c1-7-30-22-44(30,40(54)49-60(56,57)36-16-11-15-29-17-20-47-38(29)36)24-35(52)33-23-46(43(5,6)45(46)18-12-19-45)27-50(33)39(53)32(42(2,3)4)21-34(51)37(28-13-9-8-10-14-28)48-41(55)59-31-25-58-26-31/h11,15-17,20,28,30-33,37,47H,7-10,12-14,18-19,21-27H2,1-6H3,(H,48,55)(H,49,54)/t30-,32-,33+,37+,44-,46-/m1/s1. The van der Waals surface area contributed by atoms with Crippen molar-refractivity contribution >= 4 is 50.4 Å². The molecule has 2 spiro atoms. The summed E-state index contributed by atoms with van der Waals surface area (Å²) >= 11 is 0. The van der Waals surface area contributed by atoms with Crippen molar-refractivity contribution in [1.29, 1.82) is 0 Å². The van der Waals surface area contributed by atoms with Crippen LogP contribution in [0.25, 0.3) is 10.9 Å². The maximum atomic E-state index is 15.3. The van der Waals surface area contributed by atoms with Gasteiger partial charge in [-0.3, -0.25) is 19.2 Å². The number of carbonyl (C=O) groups excluding carboxylic acids is 5. The Kier molecular flexibility index (Phi) is 10.9. The van der Waals surface area contributed by atoms with Crippen LogP contribution in [-0.2, 0) is 38.7 Å². The number of alkyl carbamates (subject to hydrolysis) is 1. The lowest BCUT2D eigenvalue weighted by Gasteiger charge is -2.37. The number of amides is 3. The van der Waals surface area contributed by atoms with E-state index in [2.05, 4.69) is 28.9 Å². The fourth-order valence-electron chi connectivity index (χ4n) is 12.4. The largest absolute Gasteiger partial charge is 0.441 e. The smallest absolute Gasteiger partial charge is 0.408 e. The molecule has 2 aromatic rings. The minimum Gasteiger partial charge on any atom is -0.441 e. The summed E-state index contributed by atoms with van der Waals surface area (Å²) in [7, 11) is -4.29. The van der Waals surface area contributed by atoms with Gasteiger partial charge in [0.1, 0.15) is 4.90 Å². The zero-order chi connectivity index (χ0) is 43.0. The number of H-pyrrole nitrogens is 1. The Morgan fingerprint density at radius 3 is 2.28 bits per heavy atom. The molecule has 3 N–H and O–H groups in total. The maximum Gasteiger partial charge on any atom is 0.408 e. The Hall–Kier alpha value is -3.78. The lowest BCUT2D eigenvalue weighted by Crippen LogP contribution is -2.52. The number of aromatic nitrogens is 1. The number of ketones is 2. The van der Waals surface area contributed by atoms with Crippen LogP contribution in [-0.4, -0.2) is 85.7 Å². The molecule has 328 valence electrons. The topological polar surface area (TPSA) is 181 Å². The number of sulfonamides is 1. The third-order valence-corrected chi connectivity index (χ3v) is 17.9. The summed E-state index contributed by atoms with van der Waals surface area (Å²) in [4.78, 5) is 76.8. The van der Waals surface area contributed by atoms with Crippen LogP contribution in [0.3, 0.4) is 0 Å². The maximum absolute atomic E-state index is 15.3. The number of aromatic amines is 1. The second kappa shape index (κ2) is 15.2. The minimum absolute atomic E-state index is 0.00988. The number of hydrogen-bond donors (Lipinski definition) is 3. The van der Waals surface area contributed by atoms with Crippen molar-refractivity contribution in [1.82, 2.24) is 19.9 Å². The Bertz CT molecular complexity index is 2160. The summed E-state index contributed by atoms with van der Waals surface area (Å²) in [5.74, 6) is -2.47. The number of para-hydroxylation sites is 1. The van der Waals surface area contributed by atoms with Crippen molar-refractivity contribution < 1.29 is 41.9 Å². The van der Waals surface area contributed by atoms with Crippen molar-refractivity contribution in [2.24, 2.45) is 44.8 Å². The van der Waals surface area contributed by atoms with Crippen LogP contribution in [0, 0.1) is 44.8 Å². The van der Waals surface area contributed by atoms with Crippen LogP contribution < -0.4 is 10.0 Å². The van der Waals surface area contributed by atoms with Gasteiger partial charge >= 0.3 is 6.09 Å². The lowest BCUT2D eigenvalue weighted by molar-refractivity contribution is -0.146. The number of Topliss-reactive ketones (excluding diaryl/α,β-unsaturated/α-hetero) is 2. The van der Waals surface area contributed by atoms with Crippen LogP contribution in [0.2, 0.25) is 0 Å². The van der Waals surface area contributed by atoms with Gasteiger partial charge in [0.05, 0.1) is 36.2 Å². The molecule has 2 aliphatic heterocycles. The SMILES string of the molecule is CC[C@@H]1C[C@]1(CC(=O)[C@@H]1C[C@@]2(CN1C(=O)[C@@H](CC(=O)[C@@H](NC(=O)OC1COC1)C1CCCCC1)C(C)(C)C)C(C)(C)C21CCC1)C(=O)NS(=O)(=O)c1cccc2cc[nH]c12. The number of nitrogens with zero attached hydrogens (tertiary/aromatic N) is 1. The number of benzene rings is 1.